The molecule has 4 rings (SSSR count). The van der Waals surface area contributed by atoms with Gasteiger partial charge in [-0.2, -0.15) is 0 Å². The third-order valence-electron chi connectivity index (χ3n) is 6.20. The van der Waals surface area contributed by atoms with Crippen molar-refractivity contribution in [1.82, 2.24) is 5.32 Å². The number of hydrogen-bond donors (Lipinski definition) is 2. The van der Waals surface area contributed by atoms with Crippen LogP contribution in [0.25, 0.3) is 16.7 Å². The first-order valence-corrected chi connectivity index (χ1v) is 10.6. The molecule has 1 saturated carbocycles. The van der Waals surface area contributed by atoms with Crippen molar-refractivity contribution in [2.75, 3.05) is 7.11 Å². The number of hydrogen-bond acceptors (Lipinski definition) is 3. The second kappa shape index (κ2) is 7.88. The highest BCUT2D eigenvalue weighted by Gasteiger charge is 2.48. The number of benzene rings is 2. The zero-order valence-corrected chi connectivity index (χ0v) is 18.2. The summed E-state index contributed by atoms with van der Waals surface area (Å²) in [4.78, 5) is 12.9. The van der Waals surface area contributed by atoms with E-state index in [1.54, 1.807) is 25.3 Å². The van der Waals surface area contributed by atoms with Crippen molar-refractivity contribution in [1.29, 1.82) is 0 Å². The average Bonchev–Trinajstić information content (AvgIpc) is 2.95. The van der Waals surface area contributed by atoms with Gasteiger partial charge in [-0.3, -0.25) is 4.79 Å². The Morgan fingerprint density at radius 1 is 1.13 bits per heavy atom. The molecule has 2 N–H and O–H groups in total. The lowest BCUT2D eigenvalue weighted by Gasteiger charge is -2.36. The molecule has 30 heavy (non-hydrogen) atoms. The highest BCUT2D eigenvalue weighted by Crippen LogP contribution is 2.44. The third kappa shape index (κ3) is 3.49. The maximum Gasteiger partial charge on any atom is 0.256 e. The number of ether oxygens (including phenoxy) is 1. The van der Waals surface area contributed by atoms with Crippen molar-refractivity contribution in [2.45, 2.75) is 44.2 Å². The van der Waals surface area contributed by atoms with Crippen LogP contribution in [0, 0.1) is 12.7 Å². The van der Waals surface area contributed by atoms with Gasteiger partial charge < -0.3 is 15.2 Å². The van der Waals surface area contributed by atoms with Gasteiger partial charge in [-0.05, 0) is 73.6 Å². The molecule has 0 aromatic heterocycles. The van der Waals surface area contributed by atoms with Crippen LogP contribution in [-0.4, -0.2) is 29.8 Å². The number of methoxy groups -OCH3 is 1. The zero-order valence-electron chi connectivity index (χ0n) is 16.7. The summed E-state index contributed by atoms with van der Waals surface area (Å²) >= 11 is 12.2. The molecule has 4 nitrogen and oxygen atoms in total. The lowest BCUT2D eigenvalue weighted by atomic mass is 9.79. The van der Waals surface area contributed by atoms with E-state index in [1.807, 2.05) is 6.92 Å². The predicted molar refractivity (Wildman–Crippen MR) is 116 cm³/mol. The molecule has 0 bridgehead atoms. The summed E-state index contributed by atoms with van der Waals surface area (Å²) in [6.07, 6.45) is 2.85. The summed E-state index contributed by atoms with van der Waals surface area (Å²) in [6, 6.07) is 7.89. The van der Waals surface area contributed by atoms with Crippen molar-refractivity contribution in [2.24, 2.45) is 0 Å². The average molecular weight is 450 g/mol. The van der Waals surface area contributed by atoms with Gasteiger partial charge in [-0.25, -0.2) is 4.39 Å². The molecule has 2 aliphatic rings. The van der Waals surface area contributed by atoms with E-state index in [-0.39, 0.29) is 28.4 Å². The molecular weight excluding hydrogens is 428 g/mol. The van der Waals surface area contributed by atoms with Gasteiger partial charge in [0.25, 0.3) is 5.91 Å². The summed E-state index contributed by atoms with van der Waals surface area (Å²) in [5, 5.41) is 14.6. The molecule has 1 aliphatic heterocycles. The summed E-state index contributed by atoms with van der Waals surface area (Å²) in [5.41, 5.74) is 1.90. The second-order valence-corrected chi connectivity index (χ2v) is 8.79. The Bertz CT molecular complexity index is 1060. The number of carbonyl (C=O) groups excluding carboxylic acids is 1. The molecule has 2 aromatic carbocycles. The van der Waals surface area contributed by atoms with Crippen molar-refractivity contribution < 1.29 is 19.0 Å². The molecular formula is C23H22Cl2FNO3. The molecule has 7 heteroatoms. The molecule has 1 aliphatic carbocycles. The number of aliphatic hydroxyl groups excluding tert-OH is 1. The Hall–Kier alpha value is -2.08. The quantitative estimate of drug-likeness (QED) is 0.618. The molecule has 0 unspecified atom stereocenters. The fourth-order valence-electron chi connectivity index (χ4n) is 4.44. The molecule has 1 spiro atoms. The molecule has 158 valence electrons. The van der Waals surface area contributed by atoms with Gasteiger partial charge in [0.15, 0.2) is 0 Å². The van der Waals surface area contributed by atoms with Crippen LogP contribution in [0.5, 0.6) is 0 Å². The van der Waals surface area contributed by atoms with Gasteiger partial charge in [0.1, 0.15) is 11.6 Å². The van der Waals surface area contributed by atoms with E-state index in [2.05, 4.69) is 5.32 Å². The topological polar surface area (TPSA) is 58.6 Å². The van der Waals surface area contributed by atoms with E-state index in [1.165, 1.54) is 12.1 Å². The Balaban J connectivity index is 1.80. The molecule has 0 atom stereocenters. The van der Waals surface area contributed by atoms with Crippen LogP contribution in [0.1, 0.15) is 36.8 Å². The number of rotatable bonds is 3. The molecule has 1 heterocycles. The van der Waals surface area contributed by atoms with Crippen molar-refractivity contribution >= 4 is 34.7 Å². The predicted octanol–water partition coefficient (Wildman–Crippen LogP) is 5.83. The van der Waals surface area contributed by atoms with Crippen LogP contribution >= 0.6 is 23.2 Å². The first-order valence-electron chi connectivity index (χ1n) is 9.80. The van der Waals surface area contributed by atoms with Crippen LogP contribution in [0.15, 0.2) is 36.1 Å². The minimum Gasteiger partial charge on any atom is -0.509 e. The van der Waals surface area contributed by atoms with Crippen LogP contribution in [0.2, 0.25) is 10.0 Å². The minimum atomic E-state index is -0.764. The maximum absolute atomic E-state index is 14.0. The zero-order chi connectivity index (χ0) is 21.6. The number of nitrogens with one attached hydrogen (secondary N) is 1. The lowest BCUT2D eigenvalue weighted by Crippen LogP contribution is -2.48. The van der Waals surface area contributed by atoms with E-state index in [9.17, 15) is 14.3 Å². The highest BCUT2D eigenvalue weighted by molar-refractivity contribution is 6.34. The maximum atomic E-state index is 14.0. The number of aryl methyl sites for hydroxylation is 1. The molecule has 0 saturated heterocycles. The summed E-state index contributed by atoms with van der Waals surface area (Å²) in [7, 11) is 1.68. The van der Waals surface area contributed by atoms with Crippen LogP contribution in [-0.2, 0) is 9.53 Å². The molecule has 0 radical (unpaired) electrons. The molecule has 2 aromatic rings. The van der Waals surface area contributed by atoms with Crippen LogP contribution < -0.4 is 5.32 Å². The van der Waals surface area contributed by atoms with Crippen LogP contribution in [0.4, 0.5) is 4.39 Å². The Kier molecular flexibility index (Phi) is 5.56. The minimum absolute atomic E-state index is 0.0198. The van der Waals surface area contributed by atoms with E-state index in [0.29, 0.717) is 34.6 Å². The highest BCUT2D eigenvalue weighted by atomic mass is 35.5. The van der Waals surface area contributed by atoms with E-state index < -0.39 is 11.4 Å². The number of carbonyl (C=O) groups is 1. The Labute approximate surface area is 184 Å². The van der Waals surface area contributed by atoms with Crippen LogP contribution in [0.3, 0.4) is 0 Å². The summed E-state index contributed by atoms with van der Waals surface area (Å²) in [6.45, 7) is 1.83. The van der Waals surface area contributed by atoms with Gasteiger partial charge in [0.2, 0.25) is 0 Å². The van der Waals surface area contributed by atoms with Gasteiger partial charge in [0.05, 0.1) is 22.2 Å². The summed E-state index contributed by atoms with van der Waals surface area (Å²) in [5.74, 6) is -0.815. The van der Waals surface area contributed by atoms with Crippen molar-refractivity contribution in [3.8, 4) is 11.1 Å². The monoisotopic (exact) mass is 449 g/mol. The lowest BCUT2D eigenvalue weighted by molar-refractivity contribution is -0.116. The van der Waals surface area contributed by atoms with E-state index in [4.69, 9.17) is 27.9 Å². The number of aliphatic hydroxyl groups is 1. The van der Waals surface area contributed by atoms with Gasteiger partial charge in [0, 0.05) is 17.7 Å². The Morgan fingerprint density at radius 3 is 2.47 bits per heavy atom. The normalized spacial score (nSPS) is 23.9. The van der Waals surface area contributed by atoms with Gasteiger partial charge in [-0.15, -0.1) is 0 Å². The van der Waals surface area contributed by atoms with E-state index in [0.717, 1.165) is 18.4 Å². The summed E-state index contributed by atoms with van der Waals surface area (Å²) < 4.78 is 19.4. The van der Waals surface area contributed by atoms with Crippen molar-refractivity contribution in [3.05, 3.63) is 63.1 Å². The molecule has 1 amide bonds. The van der Waals surface area contributed by atoms with Crippen molar-refractivity contribution in [3.63, 3.8) is 0 Å². The standard InChI is InChI=1S/C23H22Cl2FNO3/c1-12-9-18(25)16(13-3-4-17(24)19(26)10-13)11-15(12)20-21(28)23(27-22(20)29)7-5-14(30-2)6-8-23/h3-4,9-11,14,28H,5-8H2,1-2H3,(H,27,29). The largest absolute Gasteiger partial charge is 0.509 e. The Morgan fingerprint density at radius 2 is 1.83 bits per heavy atom. The van der Waals surface area contributed by atoms with Gasteiger partial charge in [-0.1, -0.05) is 29.3 Å². The van der Waals surface area contributed by atoms with E-state index >= 15 is 0 Å². The smallest absolute Gasteiger partial charge is 0.256 e. The van der Waals surface area contributed by atoms with Gasteiger partial charge >= 0.3 is 0 Å². The molecule has 1 fully saturated rings. The first kappa shape index (κ1) is 21.2. The SMILES string of the molecule is COC1CCC2(CC1)NC(=O)C(c1cc(-c3ccc(Cl)c(F)c3)c(Cl)cc1C)=C2O. The second-order valence-electron chi connectivity index (χ2n) is 7.97. The third-order valence-corrected chi connectivity index (χ3v) is 6.82. The fraction of sp³-hybridized carbons (Fsp3) is 0.348. The fourth-order valence-corrected chi connectivity index (χ4v) is 4.89. The first-order chi connectivity index (χ1) is 14.3. The number of amides is 1. The number of halogens is 3.